The van der Waals surface area contributed by atoms with E-state index in [0.29, 0.717) is 11.3 Å². The van der Waals surface area contributed by atoms with Crippen LogP contribution in [0.3, 0.4) is 0 Å². The van der Waals surface area contributed by atoms with Crippen molar-refractivity contribution in [2.24, 2.45) is 0 Å². The lowest BCUT2D eigenvalue weighted by molar-refractivity contribution is 0.0698. The number of rotatable bonds is 3. The van der Waals surface area contributed by atoms with Gasteiger partial charge < -0.3 is 10.4 Å². The number of aromatic nitrogens is 1. The second-order valence-corrected chi connectivity index (χ2v) is 4.47. The molecule has 0 radical (unpaired) electrons. The van der Waals surface area contributed by atoms with Gasteiger partial charge in [0.2, 0.25) is 0 Å². The van der Waals surface area contributed by atoms with Crippen LogP contribution in [0.1, 0.15) is 26.4 Å². The zero-order valence-electron chi connectivity index (χ0n) is 10.6. The van der Waals surface area contributed by atoms with Crippen molar-refractivity contribution in [3.8, 4) is 0 Å². The van der Waals surface area contributed by atoms with Gasteiger partial charge in [-0.15, -0.1) is 0 Å². The quantitative estimate of drug-likeness (QED) is 0.911. The smallest absolute Gasteiger partial charge is 0.339 e. The predicted octanol–water partition coefficient (Wildman–Crippen LogP) is 2.99. The van der Waals surface area contributed by atoms with E-state index in [4.69, 9.17) is 16.7 Å². The molecule has 5 nitrogen and oxygen atoms in total. The molecule has 0 saturated carbocycles. The van der Waals surface area contributed by atoms with E-state index in [1.165, 1.54) is 12.1 Å². The Morgan fingerprint density at radius 3 is 2.65 bits per heavy atom. The van der Waals surface area contributed by atoms with Crippen LogP contribution >= 0.6 is 11.6 Å². The summed E-state index contributed by atoms with van der Waals surface area (Å²) in [7, 11) is 0. The summed E-state index contributed by atoms with van der Waals surface area (Å²) in [5.74, 6) is -1.63. The fourth-order valence-corrected chi connectivity index (χ4v) is 2.01. The molecule has 0 aliphatic heterocycles. The summed E-state index contributed by atoms with van der Waals surface area (Å²) >= 11 is 5.84. The number of benzene rings is 1. The Bertz CT molecular complexity index is 686. The highest BCUT2D eigenvalue weighted by molar-refractivity contribution is 6.34. The van der Waals surface area contributed by atoms with Gasteiger partial charge in [-0.3, -0.25) is 9.78 Å². The van der Waals surface area contributed by atoms with E-state index in [1.54, 1.807) is 31.3 Å². The summed E-state index contributed by atoms with van der Waals surface area (Å²) < 4.78 is 0. The minimum atomic E-state index is -1.20. The number of halogens is 1. The molecule has 0 unspecified atom stereocenters. The van der Waals surface area contributed by atoms with Crippen molar-refractivity contribution in [1.82, 2.24) is 4.98 Å². The Morgan fingerprint density at radius 1 is 1.25 bits per heavy atom. The molecule has 0 bridgehead atoms. The third-order valence-corrected chi connectivity index (χ3v) is 3.04. The monoisotopic (exact) mass is 290 g/mol. The predicted molar refractivity (Wildman–Crippen MR) is 75.3 cm³/mol. The van der Waals surface area contributed by atoms with Crippen LogP contribution in [0.5, 0.6) is 0 Å². The summed E-state index contributed by atoms with van der Waals surface area (Å²) in [5.41, 5.74) is 0.954. The van der Waals surface area contributed by atoms with Crippen molar-refractivity contribution in [3.05, 3.63) is 58.4 Å². The molecule has 102 valence electrons. The Labute approximate surface area is 120 Å². The number of carbonyl (C=O) groups excluding carboxylic acids is 1. The van der Waals surface area contributed by atoms with Gasteiger partial charge in [0.1, 0.15) is 5.56 Å². The highest BCUT2D eigenvalue weighted by atomic mass is 35.5. The Hall–Kier alpha value is -2.40. The number of carbonyl (C=O) groups is 2. The molecule has 0 atom stereocenters. The highest BCUT2D eigenvalue weighted by Gasteiger charge is 2.17. The van der Waals surface area contributed by atoms with Crippen LogP contribution in [0.4, 0.5) is 5.69 Å². The van der Waals surface area contributed by atoms with Crippen LogP contribution in [0, 0.1) is 6.92 Å². The van der Waals surface area contributed by atoms with Crippen LogP contribution in [0.25, 0.3) is 0 Å². The number of pyridine rings is 1. The van der Waals surface area contributed by atoms with E-state index in [2.05, 4.69) is 10.3 Å². The van der Waals surface area contributed by atoms with Gasteiger partial charge in [0.25, 0.3) is 5.91 Å². The standard InChI is InChI=1S/C14H11ClN2O3/c1-8-9(4-3-7-16-8)13(18)17-11-6-2-5-10(15)12(11)14(19)20/h2-7H,1H3,(H,17,18)(H,19,20). The van der Waals surface area contributed by atoms with Crippen LogP contribution in [0.2, 0.25) is 5.02 Å². The van der Waals surface area contributed by atoms with Crippen LogP contribution < -0.4 is 5.32 Å². The minimum absolute atomic E-state index is 0.0678. The zero-order valence-corrected chi connectivity index (χ0v) is 11.3. The normalized spacial score (nSPS) is 10.1. The molecule has 1 aromatic heterocycles. The Balaban J connectivity index is 2.36. The first-order valence-corrected chi connectivity index (χ1v) is 6.13. The van der Waals surface area contributed by atoms with Gasteiger partial charge in [0.15, 0.2) is 0 Å². The largest absolute Gasteiger partial charge is 0.478 e. The SMILES string of the molecule is Cc1ncccc1C(=O)Nc1cccc(Cl)c1C(=O)O. The van der Waals surface area contributed by atoms with Crippen LogP contribution in [-0.2, 0) is 0 Å². The fraction of sp³-hybridized carbons (Fsp3) is 0.0714. The van der Waals surface area contributed by atoms with Crippen LogP contribution in [-0.4, -0.2) is 22.0 Å². The number of aromatic carboxylic acids is 1. The van der Waals surface area contributed by atoms with Crippen molar-refractivity contribution >= 4 is 29.2 Å². The van der Waals surface area contributed by atoms with E-state index >= 15 is 0 Å². The maximum atomic E-state index is 12.1. The van der Waals surface area contributed by atoms with Gasteiger partial charge in [0, 0.05) is 11.9 Å². The molecule has 20 heavy (non-hydrogen) atoms. The Morgan fingerprint density at radius 2 is 2.00 bits per heavy atom. The molecule has 1 amide bonds. The maximum absolute atomic E-state index is 12.1. The summed E-state index contributed by atoms with van der Waals surface area (Å²) in [6, 6.07) is 7.76. The molecule has 0 saturated heterocycles. The molecule has 1 heterocycles. The van der Waals surface area contributed by atoms with E-state index in [-0.39, 0.29) is 16.3 Å². The third-order valence-electron chi connectivity index (χ3n) is 2.73. The molecule has 0 spiro atoms. The summed E-state index contributed by atoms with van der Waals surface area (Å²) in [6.07, 6.45) is 1.58. The van der Waals surface area contributed by atoms with Gasteiger partial charge in [0.05, 0.1) is 16.3 Å². The number of carboxylic acids is 1. The van der Waals surface area contributed by atoms with Crippen molar-refractivity contribution in [1.29, 1.82) is 0 Å². The van der Waals surface area contributed by atoms with Gasteiger partial charge >= 0.3 is 5.97 Å². The summed E-state index contributed by atoms with van der Waals surface area (Å²) in [6.45, 7) is 1.70. The second-order valence-electron chi connectivity index (χ2n) is 4.06. The van der Waals surface area contributed by atoms with E-state index in [9.17, 15) is 9.59 Å². The lowest BCUT2D eigenvalue weighted by Gasteiger charge is -2.10. The maximum Gasteiger partial charge on any atom is 0.339 e. The average molecular weight is 291 g/mol. The molecule has 2 aromatic rings. The summed E-state index contributed by atoms with van der Waals surface area (Å²) in [5, 5.41) is 11.7. The molecule has 2 N–H and O–H groups in total. The lowest BCUT2D eigenvalue weighted by atomic mass is 10.1. The number of anilines is 1. The second kappa shape index (κ2) is 5.71. The molecular formula is C14H11ClN2O3. The number of hydrogen-bond donors (Lipinski definition) is 2. The average Bonchev–Trinajstić information content (AvgIpc) is 2.38. The number of amides is 1. The fourth-order valence-electron chi connectivity index (χ4n) is 1.76. The van der Waals surface area contributed by atoms with E-state index in [0.717, 1.165) is 0 Å². The molecule has 1 aromatic carbocycles. The number of carboxylic acid groups (broad SMARTS) is 1. The van der Waals surface area contributed by atoms with Crippen molar-refractivity contribution in [2.75, 3.05) is 5.32 Å². The number of nitrogens with one attached hydrogen (secondary N) is 1. The molecule has 6 heteroatoms. The van der Waals surface area contributed by atoms with Crippen molar-refractivity contribution < 1.29 is 14.7 Å². The summed E-state index contributed by atoms with van der Waals surface area (Å²) in [4.78, 5) is 27.3. The molecule has 0 aliphatic rings. The minimum Gasteiger partial charge on any atom is -0.478 e. The van der Waals surface area contributed by atoms with Gasteiger partial charge in [-0.1, -0.05) is 17.7 Å². The highest BCUT2D eigenvalue weighted by Crippen LogP contribution is 2.25. The number of aryl methyl sites for hydroxylation is 1. The Kier molecular flexibility index (Phi) is 4.00. The first kappa shape index (κ1) is 14.0. The van der Waals surface area contributed by atoms with Gasteiger partial charge in [-0.05, 0) is 31.2 Å². The van der Waals surface area contributed by atoms with Gasteiger partial charge in [-0.25, -0.2) is 4.79 Å². The van der Waals surface area contributed by atoms with Gasteiger partial charge in [-0.2, -0.15) is 0 Å². The van der Waals surface area contributed by atoms with Crippen molar-refractivity contribution in [3.63, 3.8) is 0 Å². The number of hydrogen-bond acceptors (Lipinski definition) is 3. The van der Waals surface area contributed by atoms with E-state index < -0.39 is 11.9 Å². The topological polar surface area (TPSA) is 79.3 Å². The molecule has 0 aliphatic carbocycles. The lowest BCUT2D eigenvalue weighted by Crippen LogP contribution is -2.16. The third kappa shape index (κ3) is 2.78. The van der Waals surface area contributed by atoms with E-state index in [1.807, 2.05) is 0 Å². The molecule has 0 fully saturated rings. The number of nitrogens with zero attached hydrogens (tertiary/aromatic N) is 1. The van der Waals surface area contributed by atoms with Crippen LogP contribution in [0.15, 0.2) is 36.5 Å². The first-order valence-electron chi connectivity index (χ1n) is 5.75. The molecule has 2 rings (SSSR count). The zero-order chi connectivity index (χ0) is 14.7. The molecular weight excluding hydrogens is 280 g/mol. The van der Waals surface area contributed by atoms with Crippen molar-refractivity contribution in [2.45, 2.75) is 6.92 Å². The first-order chi connectivity index (χ1) is 9.50.